The van der Waals surface area contributed by atoms with Gasteiger partial charge < -0.3 is 19.7 Å². The van der Waals surface area contributed by atoms with E-state index in [1.165, 1.54) is 20.2 Å². The Kier molecular flexibility index (Phi) is 6.50. The first-order valence-electron chi connectivity index (χ1n) is 10.5. The summed E-state index contributed by atoms with van der Waals surface area (Å²) in [4.78, 5) is 15.5. The lowest BCUT2D eigenvalue weighted by atomic mass is 10.1. The average Bonchev–Trinajstić information content (AvgIpc) is 2.79. The quantitative estimate of drug-likeness (QED) is 0.704. The van der Waals surface area contributed by atoms with Crippen molar-refractivity contribution in [3.63, 3.8) is 0 Å². The van der Waals surface area contributed by atoms with Gasteiger partial charge in [-0.3, -0.25) is 4.79 Å². The van der Waals surface area contributed by atoms with E-state index in [2.05, 4.69) is 10.2 Å². The van der Waals surface area contributed by atoms with Crippen molar-refractivity contribution in [3.05, 3.63) is 40.9 Å². The van der Waals surface area contributed by atoms with Gasteiger partial charge in [-0.15, -0.1) is 0 Å². The fourth-order valence-electron chi connectivity index (χ4n) is 3.83. The van der Waals surface area contributed by atoms with E-state index in [4.69, 9.17) is 21.1 Å². The summed E-state index contributed by atoms with van der Waals surface area (Å²) in [6, 6.07) is 7.91. The van der Waals surface area contributed by atoms with Gasteiger partial charge in [-0.25, -0.2) is 12.7 Å². The van der Waals surface area contributed by atoms with E-state index < -0.39 is 15.9 Å². The maximum atomic E-state index is 13.4. The van der Waals surface area contributed by atoms with Crippen molar-refractivity contribution in [3.8, 4) is 11.5 Å². The van der Waals surface area contributed by atoms with Gasteiger partial charge in [-0.1, -0.05) is 11.6 Å². The number of benzene rings is 2. The monoisotopic (exact) mass is 479 g/mol. The number of sulfonamides is 1. The normalized spacial score (nSPS) is 16.2. The highest BCUT2D eigenvalue weighted by Crippen LogP contribution is 2.38. The fraction of sp³-hybridized carbons (Fsp3) is 0.409. The molecule has 1 amide bonds. The lowest BCUT2D eigenvalue weighted by Gasteiger charge is -2.30. The van der Waals surface area contributed by atoms with E-state index in [1.54, 1.807) is 24.3 Å². The molecule has 0 atom stereocenters. The minimum Gasteiger partial charge on any atom is -0.486 e. The van der Waals surface area contributed by atoms with E-state index in [-0.39, 0.29) is 10.5 Å². The molecular formula is C22H26ClN3O5S. The van der Waals surface area contributed by atoms with Crippen LogP contribution >= 0.6 is 11.6 Å². The van der Waals surface area contributed by atoms with Crippen LogP contribution in [0.15, 0.2) is 35.2 Å². The molecule has 1 N–H and O–H groups in total. The Morgan fingerprint density at radius 3 is 2.34 bits per heavy atom. The van der Waals surface area contributed by atoms with Gasteiger partial charge in [0.05, 0.1) is 21.2 Å². The number of anilines is 2. The van der Waals surface area contributed by atoms with Gasteiger partial charge in [0, 0.05) is 45.0 Å². The molecule has 0 bridgehead atoms. The summed E-state index contributed by atoms with van der Waals surface area (Å²) in [5.74, 6) is 0.573. The minimum absolute atomic E-state index is 0.0571. The topological polar surface area (TPSA) is 88.2 Å². The number of fused-ring (bicyclic) bond motifs is 1. The summed E-state index contributed by atoms with van der Waals surface area (Å²) in [7, 11) is -0.779. The number of nitrogens with one attached hydrogen (secondary N) is 1. The second-order valence-corrected chi connectivity index (χ2v) is 10.5. The second kappa shape index (κ2) is 9.17. The fourth-order valence-corrected chi connectivity index (χ4v) is 4.96. The summed E-state index contributed by atoms with van der Waals surface area (Å²) in [6.45, 7) is 2.46. The van der Waals surface area contributed by atoms with Crippen LogP contribution in [0, 0.1) is 0 Å². The lowest BCUT2D eigenvalue weighted by molar-refractivity contribution is 0.102. The zero-order valence-electron chi connectivity index (χ0n) is 18.1. The number of amides is 1. The van der Waals surface area contributed by atoms with Gasteiger partial charge >= 0.3 is 0 Å². The molecule has 172 valence electrons. The predicted octanol–water partition coefficient (Wildman–Crippen LogP) is 3.60. The van der Waals surface area contributed by atoms with Crippen LogP contribution in [0.4, 0.5) is 11.4 Å². The number of carbonyl (C=O) groups is 1. The molecule has 1 fully saturated rings. The lowest BCUT2D eigenvalue weighted by Crippen LogP contribution is -2.32. The molecule has 32 heavy (non-hydrogen) atoms. The minimum atomic E-state index is -3.70. The average molecular weight is 480 g/mol. The molecule has 0 aromatic heterocycles. The number of carbonyl (C=O) groups excluding carboxylic acids is 1. The predicted molar refractivity (Wildman–Crippen MR) is 124 cm³/mol. The van der Waals surface area contributed by atoms with Crippen molar-refractivity contribution in [2.75, 3.05) is 50.6 Å². The van der Waals surface area contributed by atoms with E-state index in [0.717, 1.165) is 36.7 Å². The number of nitrogens with zero attached hydrogens (tertiary/aromatic N) is 2. The van der Waals surface area contributed by atoms with Crippen LogP contribution in [0.5, 0.6) is 11.5 Å². The van der Waals surface area contributed by atoms with Crippen molar-refractivity contribution >= 4 is 38.9 Å². The van der Waals surface area contributed by atoms with Crippen molar-refractivity contribution in [2.45, 2.75) is 24.2 Å². The van der Waals surface area contributed by atoms with Crippen LogP contribution in [-0.4, -0.2) is 59.0 Å². The van der Waals surface area contributed by atoms with Crippen LogP contribution < -0.4 is 19.7 Å². The molecule has 2 heterocycles. The second-order valence-electron chi connectivity index (χ2n) is 7.94. The summed E-state index contributed by atoms with van der Waals surface area (Å²) < 4.78 is 37.6. The molecule has 2 aromatic carbocycles. The highest BCUT2D eigenvalue weighted by atomic mass is 35.5. The summed E-state index contributed by atoms with van der Waals surface area (Å²) >= 11 is 6.36. The first-order chi connectivity index (χ1) is 15.3. The number of hydrogen-bond donors (Lipinski definition) is 1. The van der Waals surface area contributed by atoms with Crippen molar-refractivity contribution < 1.29 is 22.7 Å². The molecule has 2 aliphatic rings. The highest BCUT2D eigenvalue weighted by Gasteiger charge is 2.25. The Balaban J connectivity index is 1.72. The standard InChI is InChI=1S/C22H26ClN3O5S/c1-25(2)32(28,29)15-6-7-19(26-8-4-3-5-9-26)16(12-15)22(27)24-18-14-21-20(13-17(18)23)30-10-11-31-21/h6-7,12-14H,3-5,8-11H2,1-2H3,(H,24,27). The van der Waals surface area contributed by atoms with Gasteiger partial charge in [-0.05, 0) is 37.5 Å². The number of ether oxygens (including phenoxy) is 2. The highest BCUT2D eigenvalue weighted by molar-refractivity contribution is 7.89. The van der Waals surface area contributed by atoms with Gasteiger partial charge in [0.2, 0.25) is 10.0 Å². The van der Waals surface area contributed by atoms with E-state index >= 15 is 0 Å². The SMILES string of the molecule is CN(C)S(=O)(=O)c1ccc(N2CCCCC2)c(C(=O)Nc2cc3c(cc2Cl)OCCO3)c1. The zero-order valence-corrected chi connectivity index (χ0v) is 19.6. The van der Waals surface area contributed by atoms with Crippen LogP contribution in [0.3, 0.4) is 0 Å². The molecule has 10 heteroatoms. The number of piperidine rings is 1. The van der Waals surface area contributed by atoms with Crippen LogP contribution in [0.1, 0.15) is 29.6 Å². The molecule has 8 nitrogen and oxygen atoms in total. The number of halogens is 1. The zero-order chi connectivity index (χ0) is 22.9. The smallest absolute Gasteiger partial charge is 0.257 e. The van der Waals surface area contributed by atoms with Crippen LogP contribution in [-0.2, 0) is 10.0 Å². The van der Waals surface area contributed by atoms with Crippen molar-refractivity contribution in [1.82, 2.24) is 4.31 Å². The molecule has 4 rings (SSSR count). The van der Waals surface area contributed by atoms with Gasteiger partial charge in [0.1, 0.15) is 13.2 Å². The Morgan fingerprint density at radius 1 is 1.03 bits per heavy atom. The van der Waals surface area contributed by atoms with E-state index in [0.29, 0.717) is 41.1 Å². The molecule has 0 unspecified atom stereocenters. The third-order valence-electron chi connectivity index (χ3n) is 5.57. The molecule has 2 aliphatic heterocycles. The summed E-state index contributed by atoms with van der Waals surface area (Å²) in [5, 5.41) is 3.13. The molecule has 2 aromatic rings. The Morgan fingerprint density at radius 2 is 1.69 bits per heavy atom. The van der Waals surface area contributed by atoms with Crippen LogP contribution in [0.25, 0.3) is 0 Å². The molecule has 0 radical (unpaired) electrons. The molecule has 0 spiro atoms. The first kappa shape index (κ1) is 22.7. The number of hydrogen-bond acceptors (Lipinski definition) is 6. The molecule has 1 saturated heterocycles. The van der Waals surface area contributed by atoms with Crippen molar-refractivity contribution in [2.24, 2.45) is 0 Å². The number of rotatable bonds is 5. The van der Waals surface area contributed by atoms with Crippen LogP contribution in [0.2, 0.25) is 5.02 Å². The van der Waals surface area contributed by atoms with Gasteiger partial charge in [-0.2, -0.15) is 0 Å². The summed E-state index contributed by atoms with van der Waals surface area (Å²) in [6.07, 6.45) is 3.18. The largest absolute Gasteiger partial charge is 0.486 e. The third kappa shape index (κ3) is 4.51. The van der Waals surface area contributed by atoms with Crippen molar-refractivity contribution in [1.29, 1.82) is 0 Å². The Labute approximate surface area is 193 Å². The van der Waals surface area contributed by atoms with E-state index in [9.17, 15) is 13.2 Å². The Bertz CT molecular complexity index is 1130. The third-order valence-corrected chi connectivity index (χ3v) is 7.69. The first-order valence-corrected chi connectivity index (χ1v) is 12.3. The summed E-state index contributed by atoms with van der Waals surface area (Å²) in [5.41, 5.74) is 1.35. The Hall–Kier alpha value is -2.49. The van der Waals surface area contributed by atoms with Gasteiger partial charge in [0.25, 0.3) is 5.91 Å². The maximum absolute atomic E-state index is 13.4. The molecule has 0 saturated carbocycles. The van der Waals surface area contributed by atoms with E-state index in [1.807, 2.05) is 0 Å². The van der Waals surface area contributed by atoms with Gasteiger partial charge in [0.15, 0.2) is 11.5 Å². The molecular weight excluding hydrogens is 454 g/mol. The maximum Gasteiger partial charge on any atom is 0.257 e. The molecule has 0 aliphatic carbocycles.